The van der Waals surface area contributed by atoms with Crippen molar-refractivity contribution in [2.24, 2.45) is 5.92 Å². The maximum absolute atomic E-state index is 5.92. The summed E-state index contributed by atoms with van der Waals surface area (Å²) in [4.78, 5) is 2.62. The maximum atomic E-state index is 5.92. The van der Waals surface area contributed by atoms with Gasteiger partial charge in [0.1, 0.15) is 11.5 Å². The molecular weight excluding hydrogens is 367 g/mol. The fraction of sp³-hybridized carbons (Fsp3) is 0.429. The van der Waals surface area contributed by atoms with E-state index in [0.29, 0.717) is 12.0 Å². The molecule has 0 spiro atoms. The van der Waals surface area contributed by atoms with Crippen LogP contribution in [0.4, 0.5) is 0 Å². The van der Waals surface area contributed by atoms with Crippen molar-refractivity contribution in [3.8, 4) is 11.5 Å². The molecule has 1 aliphatic rings. The second-order valence-electron chi connectivity index (χ2n) is 6.60. The van der Waals surface area contributed by atoms with Gasteiger partial charge in [0, 0.05) is 32.2 Å². The van der Waals surface area contributed by atoms with Gasteiger partial charge >= 0.3 is 0 Å². The van der Waals surface area contributed by atoms with Crippen molar-refractivity contribution in [1.82, 2.24) is 10.2 Å². The fourth-order valence-corrected chi connectivity index (χ4v) is 3.44. The highest BCUT2D eigenvalue weighted by Gasteiger charge is 2.26. The highest BCUT2D eigenvalue weighted by molar-refractivity contribution is 5.85. The predicted octanol–water partition coefficient (Wildman–Crippen LogP) is 5.31. The van der Waals surface area contributed by atoms with Gasteiger partial charge in [-0.3, -0.25) is 4.90 Å². The molecule has 2 aromatic rings. The molecule has 0 bridgehead atoms. The number of ether oxygens (including phenoxy) is 1. The van der Waals surface area contributed by atoms with Crippen molar-refractivity contribution in [1.29, 1.82) is 0 Å². The number of para-hydroxylation sites is 1. The van der Waals surface area contributed by atoms with Crippen LogP contribution >= 0.6 is 24.8 Å². The van der Waals surface area contributed by atoms with Crippen LogP contribution < -0.4 is 10.1 Å². The van der Waals surface area contributed by atoms with Crippen molar-refractivity contribution in [2.45, 2.75) is 26.3 Å². The Balaban J connectivity index is 0.00000169. The van der Waals surface area contributed by atoms with Gasteiger partial charge in [0.05, 0.1) is 0 Å². The molecule has 1 N–H and O–H groups in total. The highest BCUT2D eigenvalue weighted by Crippen LogP contribution is 2.32. The van der Waals surface area contributed by atoms with Crippen LogP contribution in [0.3, 0.4) is 0 Å². The second kappa shape index (κ2) is 11.5. The average Bonchev–Trinajstić information content (AvgIpc) is 2.65. The molecule has 1 fully saturated rings. The summed E-state index contributed by atoms with van der Waals surface area (Å²) in [6, 6.07) is 19.1. The SMILES string of the molecule is CCC(C)[C@@H](c1ccc(Oc2ccccc2)cc1)N1CCNCC1.Cl.Cl. The molecule has 5 heteroatoms. The van der Waals surface area contributed by atoms with Crippen LogP contribution in [0.15, 0.2) is 54.6 Å². The summed E-state index contributed by atoms with van der Waals surface area (Å²) in [5.74, 6) is 2.42. The lowest BCUT2D eigenvalue weighted by Crippen LogP contribution is -2.46. The van der Waals surface area contributed by atoms with Crippen LogP contribution in [0.1, 0.15) is 31.9 Å². The Hall–Kier alpha value is -1.26. The van der Waals surface area contributed by atoms with Crippen molar-refractivity contribution < 1.29 is 4.74 Å². The van der Waals surface area contributed by atoms with E-state index in [1.54, 1.807) is 0 Å². The molecule has 1 unspecified atom stereocenters. The first-order valence-electron chi connectivity index (χ1n) is 9.05. The van der Waals surface area contributed by atoms with E-state index in [9.17, 15) is 0 Å². The van der Waals surface area contributed by atoms with Crippen LogP contribution in [0, 0.1) is 5.92 Å². The Kier molecular flexibility index (Phi) is 10.0. The first-order chi connectivity index (χ1) is 11.8. The van der Waals surface area contributed by atoms with Gasteiger partial charge in [-0.25, -0.2) is 0 Å². The monoisotopic (exact) mass is 396 g/mol. The summed E-state index contributed by atoms with van der Waals surface area (Å²) in [5.41, 5.74) is 1.40. The smallest absolute Gasteiger partial charge is 0.127 e. The van der Waals surface area contributed by atoms with Gasteiger partial charge < -0.3 is 10.1 Å². The minimum absolute atomic E-state index is 0. The Morgan fingerprint density at radius 1 is 0.923 bits per heavy atom. The number of rotatable bonds is 6. The number of benzene rings is 2. The van der Waals surface area contributed by atoms with Gasteiger partial charge in [0.2, 0.25) is 0 Å². The van der Waals surface area contributed by atoms with E-state index in [1.807, 2.05) is 30.3 Å². The summed E-state index contributed by atoms with van der Waals surface area (Å²) in [7, 11) is 0. The van der Waals surface area contributed by atoms with Gasteiger partial charge in [0.15, 0.2) is 0 Å². The number of nitrogens with zero attached hydrogens (tertiary/aromatic N) is 1. The van der Waals surface area contributed by atoms with Gasteiger partial charge in [-0.15, -0.1) is 24.8 Å². The van der Waals surface area contributed by atoms with Crippen molar-refractivity contribution in [2.75, 3.05) is 26.2 Å². The number of hydrogen-bond acceptors (Lipinski definition) is 3. The summed E-state index contributed by atoms with van der Waals surface area (Å²) in [6.45, 7) is 9.06. The van der Waals surface area contributed by atoms with E-state index in [1.165, 1.54) is 12.0 Å². The van der Waals surface area contributed by atoms with Crippen LogP contribution in [-0.2, 0) is 0 Å². The molecule has 1 aliphatic heterocycles. The maximum Gasteiger partial charge on any atom is 0.127 e. The average molecular weight is 397 g/mol. The number of hydrogen-bond donors (Lipinski definition) is 1. The molecule has 26 heavy (non-hydrogen) atoms. The van der Waals surface area contributed by atoms with E-state index in [-0.39, 0.29) is 24.8 Å². The van der Waals surface area contributed by atoms with Crippen LogP contribution in [0.25, 0.3) is 0 Å². The molecule has 1 heterocycles. The zero-order valence-electron chi connectivity index (χ0n) is 15.6. The molecular formula is C21H30Cl2N2O. The van der Waals surface area contributed by atoms with Crippen LogP contribution in [0.2, 0.25) is 0 Å². The van der Waals surface area contributed by atoms with Gasteiger partial charge in [-0.1, -0.05) is 50.6 Å². The van der Waals surface area contributed by atoms with E-state index < -0.39 is 0 Å². The molecule has 2 aromatic carbocycles. The van der Waals surface area contributed by atoms with Gasteiger partial charge in [-0.2, -0.15) is 0 Å². The van der Waals surface area contributed by atoms with E-state index in [0.717, 1.165) is 37.7 Å². The normalized spacial score (nSPS) is 16.7. The fourth-order valence-electron chi connectivity index (χ4n) is 3.44. The molecule has 3 nitrogen and oxygen atoms in total. The molecule has 0 aromatic heterocycles. The van der Waals surface area contributed by atoms with E-state index in [2.05, 4.69) is 48.3 Å². The highest BCUT2D eigenvalue weighted by atomic mass is 35.5. The third-order valence-electron chi connectivity index (χ3n) is 4.93. The zero-order chi connectivity index (χ0) is 16.8. The lowest BCUT2D eigenvalue weighted by Gasteiger charge is -2.38. The summed E-state index contributed by atoms with van der Waals surface area (Å²) < 4.78 is 5.92. The quantitative estimate of drug-likeness (QED) is 0.715. The van der Waals surface area contributed by atoms with E-state index in [4.69, 9.17) is 4.74 Å². The van der Waals surface area contributed by atoms with Crippen LogP contribution in [0.5, 0.6) is 11.5 Å². The van der Waals surface area contributed by atoms with Gasteiger partial charge in [0.25, 0.3) is 0 Å². The van der Waals surface area contributed by atoms with Crippen molar-refractivity contribution in [3.63, 3.8) is 0 Å². The first-order valence-corrected chi connectivity index (χ1v) is 9.05. The molecule has 1 saturated heterocycles. The molecule has 3 rings (SSSR count). The molecule has 2 atom stereocenters. The first kappa shape index (κ1) is 22.8. The lowest BCUT2D eigenvalue weighted by molar-refractivity contribution is 0.128. The van der Waals surface area contributed by atoms with Gasteiger partial charge in [-0.05, 0) is 35.7 Å². The zero-order valence-corrected chi connectivity index (χ0v) is 17.2. The van der Waals surface area contributed by atoms with E-state index >= 15 is 0 Å². The van der Waals surface area contributed by atoms with Crippen molar-refractivity contribution in [3.05, 3.63) is 60.2 Å². The van der Waals surface area contributed by atoms with Crippen LogP contribution in [-0.4, -0.2) is 31.1 Å². The van der Waals surface area contributed by atoms with Crippen molar-refractivity contribution >= 4 is 24.8 Å². The summed E-state index contributed by atoms with van der Waals surface area (Å²) in [6.07, 6.45) is 1.19. The molecule has 0 amide bonds. The summed E-state index contributed by atoms with van der Waals surface area (Å²) in [5, 5.41) is 3.45. The Bertz CT molecular complexity index is 616. The minimum Gasteiger partial charge on any atom is -0.457 e. The molecule has 144 valence electrons. The predicted molar refractivity (Wildman–Crippen MR) is 114 cm³/mol. The molecule has 0 radical (unpaired) electrons. The minimum atomic E-state index is 0. The third-order valence-corrected chi connectivity index (χ3v) is 4.93. The molecule has 0 saturated carbocycles. The lowest BCUT2D eigenvalue weighted by atomic mass is 9.90. The second-order valence-corrected chi connectivity index (χ2v) is 6.60. The third kappa shape index (κ3) is 5.88. The topological polar surface area (TPSA) is 24.5 Å². The Labute approximate surface area is 169 Å². The number of halogens is 2. The Morgan fingerprint density at radius 2 is 1.50 bits per heavy atom. The standard InChI is InChI=1S/C21H28N2O.2ClH/c1-3-17(2)21(23-15-13-22-14-16-23)18-9-11-20(12-10-18)24-19-7-5-4-6-8-19;;/h4-12,17,21-22H,3,13-16H2,1-2H3;2*1H/t17?,21-;;/m0../s1. The number of nitrogens with one attached hydrogen (secondary N) is 1. The number of piperazine rings is 1. The largest absolute Gasteiger partial charge is 0.457 e. The summed E-state index contributed by atoms with van der Waals surface area (Å²) >= 11 is 0. The molecule has 0 aliphatic carbocycles. The Morgan fingerprint density at radius 3 is 2.08 bits per heavy atom.